The molecule has 0 unspecified atom stereocenters. The molecule has 1 aromatic heterocycles. The number of benzene rings is 2. The first-order valence-corrected chi connectivity index (χ1v) is 10.7. The van der Waals surface area contributed by atoms with Crippen molar-refractivity contribution in [2.45, 2.75) is 0 Å². The summed E-state index contributed by atoms with van der Waals surface area (Å²) < 4.78 is 9.22. The molecule has 3 aromatic rings. The molecule has 3 rings (SSSR count). The van der Waals surface area contributed by atoms with E-state index in [4.69, 9.17) is 9.84 Å². The van der Waals surface area contributed by atoms with Gasteiger partial charge in [0.1, 0.15) is 0 Å². The Morgan fingerprint density at radius 2 is 1.96 bits per heavy atom. The van der Waals surface area contributed by atoms with Gasteiger partial charge in [-0.3, -0.25) is 4.99 Å². The molecule has 0 radical (unpaired) electrons. The average Bonchev–Trinajstić information content (AvgIpc) is 3.05. The van der Waals surface area contributed by atoms with Gasteiger partial charge in [-0.2, -0.15) is 5.10 Å². The fourth-order valence-corrected chi connectivity index (χ4v) is 3.93. The Morgan fingerprint density at radius 1 is 1.19 bits per heavy atom. The van der Waals surface area contributed by atoms with Gasteiger partial charge in [0.15, 0.2) is 0 Å². The highest BCUT2D eigenvalue weighted by atomic mass is 127. The molecule has 134 valence electrons. The number of aromatic nitrogens is 1. The summed E-state index contributed by atoms with van der Waals surface area (Å²) in [4.78, 5) is 5.48. The number of thiazole rings is 1. The normalized spacial score (nSPS) is 12.2. The second kappa shape index (κ2) is 9.59. The summed E-state index contributed by atoms with van der Waals surface area (Å²) in [6.07, 6.45) is 1.88. The van der Waals surface area contributed by atoms with Crippen LogP contribution < -0.4 is 4.80 Å². The Labute approximate surface area is 178 Å². The summed E-state index contributed by atoms with van der Waals surface area (Å²) in [5.41, 5.74) is 3.19. The maximum absolute atomic E-state index is 5.11. The maximum Gasteiger partial charge on any atom is 0.206 e. The zero-order valence-electron chi connectivity index (χ0n) is 14.1. The molecule has 0 spiro atoms. The van der Waals surface area contributed by atoms with E-state index in [0.29, 0.717) is 13.2 Å². The van der Waals surface area contributed by atoms with Crippen LogP contribution in [-0.2, 0) is 4.74 Å². The summed E-state index contributed by atoms with van der Waals surface area (Å²) in [5, 5.41) is 6.81. The van der Waals surface area contributed by atoms with Gasteiger partial charge in [0.2, 0.25) is 4.80 Å². The van der Waals surface area contributed by atoms with Crippen LogP contribution in [0.5, 0.6) is 0 Å². The average molecular weight is 542 g/mol. The molecule has 0 fully saturated rings. The van der Waals surface area contributed by atoms with E-state index in [1.54, 1.807) is 18.4 Å². The standard InChI is InChI=1S/C19H17BrIN3OS/c1-25-11-10-22-19-24(23-12-15-4-2-3-5-17(15)21)18(13-26-19)14-6-8-16(20)9-7-14/h2-9,12-13H,10-11H2,1H3/b22-19?,23-12+. The minimum absolute atomic E-state index is 0.589. The van der Waals surface area contributed by atoms with Gasteiger partial charge in [0, 0.05) is 31.7 Å². The quantitative estimate of drug-likeness (QED) is 0.245. The lowest BCUT2D eigenvalue weighted by atomic mass is 10.2. The second-order valence-electron chi connectivity index (χ2n) is 5.36. The van der Waals surface area contributed by atoms with Gasteiger partial charge >= 0.3 is 0 Å². The molecule has 0 aliphatic rings. The van der Waals surface area contributed by atoms with Crippen LogP contribution in [0.2, 0.25) is 0 Å². The Hall–Kier alpha value is -1.29. The zero-order valence-corrected chi connectivity index (χ0v) is 18.7. The molecule has 0 amide bonds. The van der Waals surface area contributed by atoms with E-state index in [0.717, 1.165) is 29.7 Å². The van der Waals surface area contributed by atoms with Gasteiger partial charge in [-0.15, -0.1) is 11.3 Å². The third-order valence-electron chi connectivity index (χ3n) is 3.59. The van der Waals surface area contributed by atoms with Crippen LogP contribution in [0.15, 0.2) is 68.5 Å². The third kappa shape index (κ3) is 4.91. The highest BCUT2D eigenvalue weighted by molar-refractivity contribution is 14.1. The molecule has 0 N–H and O–H groups in total. The van der Waals surface area contributed by atoms with Crippen molar-refractivity contribution in [2.75, 3.05) is 20.3 Å². The van der Waals surface area contributed by atoms with Crippen molar-refractivity contribution >= 4 is 56.1 Å². The summed E-state index contributed by atoms with van der Waals surface area (Å²) in [7, 11) is 1.68. The number of ether oxygens (including phenoxy) is 1. The zero-order chi connectivity index (χ0) is 18.4. The lowest BCUT2D eigenvalue weighted by Crippen LogP contribution is -2.13. The Bertz CT molecular complexity index is 963. The first-order valence-electron chi connectivity index (χ1n) is 7.94. The Balaban J connectivity index is 2.04. The van der Waals surface area contributed by atoms with Crippen molar-refractivity contribution in [2.24, 2.45) is 10.1 Å². The number of halogens is 2. The van der Waals surface area contributed by atoms with E-state index < -0.39 is 0 Å². The van der Waals surface area contributed by atoms with Gasteiger partial charge in [0.25, 0.3) is 0 Å². The molecule has 2 aromatic carbocycles. The molecular formula is C19H17BrIN3OS. The summed E-state index contributed by atoms with van der Waals surface area (Å²) in [6, 6.07) is 16.4. The molecule has 0 saturated heterocycles. The topological polar surface area (TPSA) is 38.9 Å². The third-order valence-corrected chi connectivity index (χ3v) is 5.95. The molecule has 0 saturated carbocycles. The van der Waals surface area contributed by atoms with Crippen LogP contribution in [0.25, 0.3) is 11.3 Å². The largest absolute Gasteiger partial charge is 0.383 e. The van der Waals surface area contributed by atoms with Crippen LogP contribution in [-0.4, -0.2) is 31.2 Å². The van der Waals surface area contributed by atoms with Crippen LogP contribution in [0.3, 0.4) is 0 Å². The monoisotopic (exact) mass is 541 g/mol. The molecular weight excluding hydrogens is 525 g/mol. The number of nitrogens with zero attached hydrogens (tertiary/aromatic N) is 3. The molecule has 0 aliphatic heterocycles. The SMILES string of the molecule is COCCN=c1scc(-c2ccc(Br)cc2)n1/N=C/c1ccccc1I. The number of hydrogen-bond donors (Lipinski definition) is 0. The number of rotatable bonds is 6. The Kier molecular flexibility index (Phi) is 7.18. The molecule has 0 atom stereocenters. The van der Waals surface area contributed by atoms with Crippen LogP contribution in [0.1, 0.15) is 5.56 Å². The molecule has 0 bridgehead atoms. The maximum atomic E-state index is 5.11. The molecule has 1 heterocycles. The van der Waals surface area contributed by atoms with Crippen molar-refractivity contribution in [3.8, 4) is 11.3 Å². The predicted molar refractivity (Wildman–Crippen MR) is 120 cm³/mol. The molecule has 26 heavy (non-hydrogen) atoms. The number of hydrogen-bond acceptors (Lipinski definition) is 4. The fraction of sp³-hybridized carbons (Fsp3) is 0.158. The smallest absolute Gasteiger partial charge is 0.206 e. The van der Waals surface area contributed by atoms with Gasteiger partial charge < -0.3 is 4.74 Å². The van der Waals surface area contributed by atoms with Crippen LogP contribution in [0.4, 0.5) is 0 Å². The molecule has 0 aliphatic carbocycles. The van der Waals surface area contributed by atoms with E-state index in [-0.39, 0.29) is 0 Å². The summed E-state index contributed by atoms with van der Waals surface area (Å²) in [5.74, 6) is 0. The van der Waals surface area contributed by atoms with Gasteiger partial charge in [-0.05, 0) is 40.8 Å². The van der Waals surface area contributed by atoms with Crippen molar-refractivity contribution in [3.05, 3.63) is 72.3 Å². The lowest BCUT2D eigenvalue weighted by molar-refractivity contribution is 0.207. The first kappa shape index (κ1) is 19.5. The van der Waals surface area contributed by atoms with Crippen molar-refractivity contribution in [1.82, 2.24) is 4.68 Å². The van der Waals surface area contributed by atoms with E-state index in [1.165, 1.54) is 0 Å². The van der Waals surface area contributed by atoms with Gasteiger partial charge in [-0.1, -0.05) is 46.3 Å². The summed E-state index contributed by atoms with van der Waals surface area (Å²) >= 11 is 7.38. The highest BCUT2D eigenvalue weighted by Gasteiger charge is 2.07. The minimum Gasteiger partial charge on any atom is -0.383 e. The van der Waals surface area contributed by atoms with Crippen molar-refractivity contribution in [1.29, 1.82) is 0 Å². The number of methoxy groups -OCH3 is 1. The molecule has 7 heteroatoms. The van der Waals surface area contributed by atoms with E-state index in [9.17, 15) is 0 Å². The van der Waals surface area contributed by atoms with Gasteiger partial charge in [0.05, 0.1) is 25.1 Å². The predicted octanol–water partition coefficient (Wildman–Crippen LogP) is 5.01. The van der Waals surface area contributed by atoms with Gasteiger partial charge in [-0.25, -0.2) is 4.68 Å². The van der Waals surface area contributed by atoms with Crippen molar-refractivity contribution in [3.63, 3.8) is 0 Å². The van der Waals surface area contributed by atoms with Crippen molar-refractivity contribution < 1.29 is 4.74 Å². The van der Waals surface area contributed by atoms with E-state index in [1.807, 2.05) is 35.2 Å². The van der Waals surface area contributed by atoms with Crippen LogP contribution >= 0.6 is 49.9 Å². The Morgan fingerprint density at radius 3 is 2.69 bits per heavy atom. The fourth-order valence-electron chi connectivity index (χ4n) is 2.27. The summed E-state index contributed by atoms with van der Waals surface area (Å²) in [6.45, 7) is 1.20. The first-order chi connectivity index (χ1) is 12.7. The minimum atomic E-state index is 0.589. The van der Waals surface area contributed by atoms with E-state index in [2.05, 4.69) is 73.2 Å². The molecule has 4 nitrogen and oxygen atoms in total. The highest BCUT2D eigenvalue weighted by Crippen LogP contribution is 2.22. The van der Waals surface area contributed by atoms with E-state index >= 15 is 0 Å². The second-order valence-corrected chi connectivity index (χ2v) is 8.28. The van der Waals surface area contributed by atoms with Crippen LogP contribution in [0, 0.1) is 3.57 Å². The lowest BCUT2D eigenvalue weighted by Gasteiger charge is -2.04.